The summed E-state index contributed by atoms with van der Waals surface area (Å²) in [7, 11) is -2.04. The number of benzene rings is 1. The third-order valence-corrected chi connectivity index (χ3v) is 14.6. The lowest BCUT2D eigenvalue weighted by Gasteiger charge is -2.49. The predicted octanol–water partition coefficient (Wildman–Crippen LogP) is 7.37. The maximum absolute atomic E-state index is 12.0. The molecule has 0 N–H and O–H groups in total. The zero-order chi connectivity index (χ0) is 28.6. The van der Waals surface area contributed by atoms with Crippen molar-refractivity contribution in [3.63, 3.8) is 0 Å². The molecule has 0 amide bonds. The maximum atomic E-state index is 12.0. The zero-order valence-electron chi connectivity index (χ0n) is 25.4. The largest absolute Gasteiger partial charge is 0.460 e. The second-order valence-corrected chi connectivity index (χ2v) is 17.6. The van der Waals surface area contributed by atoms with Gasteiger partial charge in [-0.25, -0.2) is 0 Å². The van der Waals surface area contributed by atoms with Gasteiger partial charge in [-0.05, 0) is 42.0 Å². The molecule has 0 radical (unpaired) electrons. The Labute approximate surface area is 237 Å². The van der Waals surface area contributed by atoms with Crippen molar-refractivity contribution in [1.29, 1.82) is 0 Å². The summed E-state index contributed by atoms with van der Waals surface area (Å²) in [4.78, 5) is 12.0. The van der Waals surface area contributed by atoms with Gasteiger partial charge in [-0.15, -0.1) is 0 Å². The number of allylic oxidation sites excluding steroid dienone is 2. The third kappa shape index (κ3) is 8.26. The summed E-state index contributed by atoms with van der Waals surface area (Å²) in [5, 5.41) is 0. The van der Waals surface area contributed by atoms with E-state index < -0.39 is 8.32 Å². The predicted molar refractivity (Wildman–Crippen MR) is 158 cm³/mol. The molecule has 3 rings (SSSR count). The SMILES string of the molecule is C/C=C\CC[C@H]1O[C@H]2[C@@H](OCc3ccccc3)C[C@@H](CO[Si](C(C)C)(C(C)C)C(C)C)O[C@@H]2C[C@@H]1OC(C)=O. The smallest absolute Gasteiger partial charge is 0.302 e. The van der Waals surface area contributed by atoms with E-state index in [9.17, 15) is 4.79 Å². The minimum absolute atomic E-state index is 0.101. The minimum atomic E-state index is -2.04. The van der Waals surface area contributed by atoms with Crippen molar-refractivity contribution in [1.82, 2.24) is 0 Å². The molecule has 0 unspecified atom stereocenters. The first-order valence-corrected chi connectivity index (χ1v) is 17.1. The van der Waals surface area contributed by atoms with E-state index in [-0.39, 0.29) is 42.6 Å². The quantitative estimate of drug-likeness (QED) is 0.143. The lowest BCUT2D eigenvalue weighted by molar-refractivity contribution is -0.266. The van der Waals surface area contributed by atoms with Crippen LogP contribution in [0.5, 0.6) is 0 Å². The molecule has 2 heterocycles. The second kappa shape index (κ2) is 14.9. The lowest BCUT2D eigenvalue weighted by Crippen LogP contribution is -2.60. The fraction of sp³-hybridized carbons (Fsp3) is 0.719. The summed E-state index contributed by atoms with van der Waals surface area (Å²) in [5.74, 6) is -0.285. The van der Waals surface area contributed by atoms with E-state index in [4.69, 9.17) is 23.4 Å². The normalized spacial score (nSPS) is 27.9. The molecule has 39 heavy (non-hydrogen) atoms. The van der Waals surface area contributed by atoms with Gasteiger partial charge < -0.3 is 23.4 Å². The molecule has 220 valence electrons. The van der Waals surface area contributed by atoms with Crippen molar-refractivity contribution in [2.45, 2.75) is 141 Å². The van der Waals surface area contributed by atoms with Gasteiger partial charge in [0.1, 0.15) is 12.2 Å². The van der Waals surface area contributed by atoms with Crippen LogP contribution in [-0.2, 0) is 34.8 Å². The zero-order valence-corrected chi connectivity index (χ0v) is 26.4. The summed E-state index contributed by atoms with van der Waals surface area (Å²) in [6.45, 7) is 18.4. The monoisotopic (exact) mass is 560 g/mol. The van der Waals surface area contributed by atoms with Crippen molar-refractivity contribution < 1.29 is 28.2 Å². The van der Waals surface area contributed by atoms with E-state index >= 15 is 0 Å². The molecule has 7 heteroatoms. The Morgan fingerprint density at radius 1 is 1.00 bits per heavy atom. The average Bonchev–Trinajstić information content (AvgIpc) is 2.87. The highest BCUT2D eigenvalue weighted by atomic mass is 28.4. The van der Waals surface area contributed by atoms with Crippen molar-refractivity contribution in [2.24, 2.45) is 0 Å². The summed E-state index contributed by atoms with van der Waals surface area (Å²) in [5.41, 5.74) is 2.65. The standard InChI is InChI=1S/C32H52O6Si/c1-9-10-12-17-28-29(36-25(8)33)19-31-32(38-28)30(34-20-26-15-13-11-14-16-26)18-27(37-31)21-35-39(22(2)3,23(4)5)24(6)7/h9-11,13-16,22-24,27-32H,12,17-21H2,1-8H3/b10-9-/t27-,28+,29-,30-,31+,32-/m0/s1. The summed E-state index contributed by atoms with van der Waals surface area (Å²) >= 11 is 0. The van der Waals surface area contributed by atoms with Gasteiger partial charge in [0.15, 0.2) is 8.32 Å². The van der Waals surface area contributed by atoms with Gasteiger partial charge in [0.05, 0.1) is 37.6 Å². The van der Waals surface area contributed by atoms with E-state index in [0.29, 0.717) is 42.7 Å². The van der Waals surface area contributed by atoms with Crippen LogP contribution in [0, 0.1) is 0 Å². The summed E-state index contributed by atoms with van der Waals surface area (Å²) in [6.07, 6.45) is 5.96. The molecule has 1 aromatic rings. The third-order valence-electron chi connectivity index (χ3n) is 8.51. The molecule has 6 atom stereocenters. The Balaban J connectivity index is 1.81. The van der Waals surface area contributed by atoms with Gasteiger partial charge in [-0.3, -0.25) is 4.79 Å². The van der Waals surface area contributed by atoms with Crippen LogP contribution in [0.3, 0.4) is 0 Å². The first-order valence-electron chi connectivity index (χ1n) is 15.0. The van der Waals surface area contributed by atoms with Gasteiger partial charge >= 0.3 is 5.97 Å². The number of fused-ring (bicyclic) bond motifs is 1. The van der Waals surface area contributed by atoms with Crippen LogP contribution in [0.25, 0.3) is 0 Å². The van der Waals surface area contributed by atoms with Gasteiger partial charge in [0.2, 0.25) is 0 Å². The number of ether oxygens (including phenoxy) is 4. The minimum Gasteiger partial charge on any atom is -0.460 e. The molecule has 1 aromatic carbocycles. The van der Waals surface area contributed by atoms with Gasteiger partial charge in [0.25, 0.3) is 0 Å². The molecule has 0 bridgehead atoms. The first kappa shape index (κ1) is 32.0. The molecule has 2 fully saturated rings. The average molecular weight is 561 g/mol. The van der Waals surface area contributed by atoms with Crippen LogP contribution >= 0.6 is 0 Å². The van der Waals surface area contributed by atoms with E-state index in [1.807, 2.05) is 31.2 Å². The summed E-state index contributed by atoms with van der Waals surface area (Å²) in [6, 6.07) is 10.3. The molecule has 0 aliphatic carbocycles. The Bertz CT molecular complexity index is 879. The highest BCUT2D eigenvalue weighted by Crippen LogP contribution is 2.43. The second-order valence-electron chi connectivity index (χ2n) is 12.2. The van der Waals surface area contributed by atoms with Gasteiger partial charge in [0, 0.05) is 19.8 Å². The molecule has 2 saturated heterocycles. The molecule has 2 aliphatic rings. The lowest BCUT2D eigenvalue weighted by atomic mass is 9.88. The number of rotatable bonds is 13. The Morgan fingerprint density at radius 2 is 1.67 bits per heavy atom. The Hall–Kier alpha value is -1.51. The molecular formula is C32H52O6Si. The Morgan fingerprint density at radius 3 is 2.26 bits per heavy atom. The number of carbonyl (C=O) groups is 1. The van der Waals surface area contributed by atoms with E-state index in [1.165, 1.54) is 6.92 Å². The van der Waals surface area contributed by atoms with Crippen LogP contribution in [0.15, 0.2) is 42.5 Å². The van der Waals surface area contributed by atoms with Crippen LogP contribution in [0.2, 0.25) is 16.6 Å². The van der Waals surface area contributed by atoms with Crippen LogP contribution in [0.4, 0.5) is 0 Å². The van der Waals surface area contributed by atoms with Crippen LogP contribution in [0.1, 0.15) is 86.6 Å². The molecule has 2 aliphatic heterocycles. The number of esters is 1. The van der Waals surface area contributed by atoms with E-state index in [1.54, 1.807) is 0 Å². The molecule has 6 nitrogen and oxygen atoms in total. The molecule has 0 saturated carbocycles. The maximum Gasteiger partial charge on any atom is 0.302 e. The summed E-state index contributed by atoms with van der Waals surface area (Å²) < 4.78 is 32.6. The highest BCUT2D eigenvalue weighted by molar-refractivity contribution is 6.77. The van der Waals surface area contributed by atoms with Gasteiger partial charge in [-0.1, -0.05) is 84.0 Å². The van der Waals surface area contributed by atoms with Crippen molar-refractivity contribution >= 4 is 14.3 Å². The van der Waals surface area contributed by atoms with Crippen molar-refractivity contribution in [3.05, 3.63) is 48.0 Å². The van der Waals surface area contributed by atoms with Crippen LogP contribution in [-0.4, -0.2) is 57.5 Å². The first-order chi connectivity index (χ1) is 18.6. The highest BCUT2D eigenvalue weighted by Gasteiger charge is 2.50. The Kier molecular flexibility index (Phi) is 12.2. The fourth-order valence-corrected chi connectivity index (χ4v) is 12.3. The molecule has 0 spiro atoms. The van der Waals surface area contributed by atoms with E-state index in [2.05, 4.69) is 59.8 Å². The van der Waals surface area contributed by atoms with Crippen LogP contribution < -0.4 is 0 Å². The van der Waals surface area contributed by atoms with E-state index in [0.717, 1.165) is 18.4 Å². The topological polar surface area (TPSA) is 63.2 Å². The number of hydrogen-bond acceptors (Lipinski definition) is 6. The fourth-order valence-electron chi connectivity index (χ4n) is 6.85. The van der Waals surface area contributed by atoms with Gasteiger partial charge in [-0.2, -0.15) is 0 Å². The van der Waals surface area contributed by atoms with Crippen molar-refractivity contribution in [3.8, 4) is 0 Å². The molecule has 0 aromatic heterocycles. The van der Waals surface area contributed by atoms with Crippen molar-refractivity contribution in [2.75, 3.05) is 6.61 Å². The number of hydrogen-bond donors (Lipinski definition) is 0. The molecular weight excluding hydrogens is 508 g/mol. The number of carbonyl (C=O) groups excluding carboxylic acids is 1.